The Hall–Kier alpha value is -1.89. The summed E-state index contributed by atoms with van der Waals surface area (Å²) in [7, 11) is 3.26. The first-order chi connectivity index (χ1) is 13.0. The zero-order valence-electron chi connectivity index (χ0n) is 18.0. The van der Waals surface area contributed by atoms with Crippen LogP contribution in [-0.4, -0.2) is 51.7 Å². The number of esters is 2. The molecule has 1 saturated carbocycles. The maximum absolute atomic E-state index is 12.6. The van der Waals surface area contributed by atoms with Gasteiger partial charge in [-0.15, -0.1) is 0 Å². The first-order valence-corrected chi connectivity index (χ1v) is 10.1. The van der Waals surface area contributed by atoms with Crippen molar-refractivity contribution in [3.63, 3.8) is 0 Å². The second-order valence-corrected chi connectivity index (χ2v) is 9.39. The van der Waals surface area contributed by atoms with E-state index in [0.717, 1.165) is 56.6 Å². The molecular formula is C21H33N3O4. The third kappa shape index (κ3) is 4.09. The van der Waals surface area contributed by atoms with Crippen molar-refractivity contribution in [3.8, 4) is 0 Å². The first-order valence-electron chi connectivity index (χ1n) is 10.1. The Bertz CT molecular complexity index is 754. The van der Waals surface area contributed by atoms with E-state index in [0.29, 0.717) is 11.9 Å². The molecule has 0 saturated heterocycles. The number of nitrogens with zero attached hydrogens (tertiary/aromatic N) is 3. The molecule has 0 amide bonds. The van der Waals surface area contributed by atoms with Crippen molar-refractivity contribution >= 4 is 11.9 Å². The van der Waals surface area contributed by atoms with Crippen molar-refractivity contribution in [2.24, 2.45) is 12.5 Å². The Morgan fingerprint density at radius 2 is 1.86 bits per heavy atom. The van der Waals surface area contributed by atoms with Gasteiger partial charge in [0.15, 0.2) is 0 Å². The summed E-state index contributed by atoms with van der Waals surface area (Å²) in [6.45, 7) is 9.48. The van der Waals surface area contributed by atoms with Gasteiger partial charge < -0.3 is 14.0 Å². The Kier molecular flexibility index (Phi) is 5.58. The summed E-state index contributed by atoms with van der Waals surface area (Å²) in [6.07, 6.45) is 4.50. The van der Waals surface area contributed by atoms with Crippen molar-refractivity contribution < 1.29 is 19.1 Å². The van der Waals surface area contributed by atoms with Crippen molar-refractivity contribution in [3.05, 3.63) is 17.2 Å². The van der Waals surface area contributed by atoms with Crippen molar-refractivity contribution in [1.29, 1.82) is 0 Å². The Morgan fingerprint density at radius 1 is 1.21 bits per heavy atom. The molecule has 0 spiro atoms. The number of ether oxygens (including phenoxy) is 2. The molecule has 0 aromatic carbocycles. The highest BCUT2D eigenvalue weighted by atomic mass is 16.6. The third-order valence-electron chi connectivity index (χ3n) is 6.12. The average Bonchev–Trinajstić information content (AvgIpc) is 2.96. The largest absolute Gasteiger partial charge is 0.463 e. The number of hydrogen-bond donors (Lipinski definition) is 0. The number of hydrogen-bond acceptors (Lipinski definition) is 6. The fraction of sp³-hybridized carbons (Fsp3) is 0.762. The van der Waals surface area contributed by atoms with Gasteiger partial charge in [0.25, 0.3) is 0 Å². The van der Waals surface area contributed by atoms with Crippen LogP contribution in [0, 0.1) is 5.41 Å². The second-order valence-electron chi connectivity index (χ2n) is 9.39. The van der Waals surface area contributed by atoms with Crippen LogP contribution < -0.4 is 0 Å². The van der Waals surface area contributed by atoms with E-state index in [-0.39, 0.29) is 5.97 Å². The molecule has 1 aromatic rings. The van der Waals surface area contributed by atoms with Crippen LogP contribution in [0.15, 0.2) is 0 Å². The number of aromatic nitrogens is 2. The number of imidazole rings is 1. The van der Waals surface area contributed by atoms with Gasteiger partial charge in [-0.3, -0.25) is 9.69 Å². The highest BCUT2D eigenvalue weighted by molar-refractivity contribution is 5.85. The van der Waals surface area contributed by atoms with Gasteiger partial charge in [0.1, 0.15) is 5.60 Å². The molecule has 1 fully saturated rings. The Labute approximate surface area is 167 Å². The summed E-state index contributed by atoms with van der Waals surface area (Å²) in [5.41, 5.74) is 1.24. The minimum absolute atomic E-state index is 0.0770. The molecule has 3 rings (SSSR count). The highest BCUT2D eigenvalue weighted by Gasteiger charge is 2.42. The minimum atomic E-state index is -0.448. The summed E-state index contributed by atoms with van der Waals surface area (Å²) in [5.74, 6) is -0.100. The minimum Gasteiger partial charge on any atom is -0.463 e. The quantitative estimate of drug-likeness (QED) is 0.738. The third-order valence-corrected chi connectivity index (χ3v) is 6.12. The highest BCUT2D eigenvalue weighted by Crippen LogP contribution is 2.40. The van der Waals surface area contributed by atoms with Gasteiger partial charge in [-0.25, -0.2) is 9.78 Å². The SMILES string of the molecule is COC(=O)c1nc2c(n1C)CCN([C@H]1CC[C@@](C)(C(=O)OC(C)(C)C)CC1)C2. The molecule has 7 nitrogen and oxygen atoms in total. The van der Waals surface area contributed by atoms with Crippen LogP contribution in [0.25, 0.3) is 0 Å². The molecular weight excluding hydrogens is 358 g/mol. The number of methoxy groups -OCH3 is 1. The Morgan fingerprint density at radius 3 is 2.43 bits per heavy atom. The summed E-state index contributed by atoms with van der Waals surface area (Å²) in [5, 5.41) is 0. The summed E-state index contributed by atoms with van der Waals surface area (Å²) < 4.78 is 12.3. The molecule has 0 N–H and O–H groups in total. The smallest absolute Gasteiger partial charge is 0.374 e. The molecule has 1 aliphatic carbocycles. The van der Waals surface area contributed by atoms with E-state index >= 15 is 0 Å². The summed E-state index contributed by atoms with van der Waals surface area (Å²) in [4.78, 5) is 31.5. The normalized spacial score (nSPS) is 25.9. The topological polar surface area (TPSA) is 73.7 Å². The lowest BCUT2D eigenvalue weighted by Gasteiger charge is -2.42. The number of rotatable bonds is 3. The monoisotopic (exact) mass is 391 g/mol. The van der Waals surface area contributed by atoms with E-state index in [4.69, 9.17) is 9.47 Å². The maximum atomic E-state index is 12.6. The van der Waals surface area contributed by atoms with E-state index in [9.17, 15) is 9.59 Å². The molecule has 2 heterocycles. The maximum Gasteiger partial charge on any atom is 0.374 e. The predicted molar refractivity (Wildman–Crippen MR) is 105 cm³/mol. The van der Waals surface area contributed by atoms with Crippen LogP contribution in [0.3, 0.4) is 0 Å². The average molecular weight is 392 g/mol. The van der Waals surface area contributed by atoms with Gasteiger partial charge in [-0.1, -0.05) is 0 Å². The van der Waals surface area contributed by atoms with Crippen LogP contribution in [0.5, 0.6) is 0 Å². The van der Waals surface area contributed by atoms with Crippen LogP contribution in [0.4, 0.5) is 0 Å². The lowest BCUT2D eigenvalue weighted by molar-refractivity contribution is -0.169. The van der Waals surface area contributed by atoms with E-state index in [2.05, 4.69) is 9.88 Å². The zero-order valence-corrected chi connectivity index (χ0v) is 18.0. The van der Waals surface area contributed by atoms with Crippen LogP contribution in [0.1, 0.15) is 75.4 Å². The number of carbonyl (C=O) groups excluding carboxylic acids is 2. The van der Waals surface area contributed by atoms with E-state index in [1.165, 1.54) is 7.11 Å². The molecule has 156 valence electrons. The molecule has 0 radical (unpaired) electrons. The van der Waals surface area contributed by atoms with Gasteiger partial charge in [0.2, 0.25) is 5.82 Å². The molecule has 1 aliphatic heterocycles. The number of fused-ring (bicyclic) bond motifs is 1. The van der Waals surface area contributed by atoms with Gasteiger partial charge in [0.05, 0.1) is 18.2 Å². The standard InChI is InChI=1S/C21H33N3O4/c1-20(2,3)28-19(26)21(4)10-7-14(8-11-21)24-12-9-16-15(13-24)22-17(23(16)5)18(25)27-6/h14H,7-13H2,1-6H3/t14-,21+. The summed E-state index contributed by atoms with van der Waals surface area (Å²) in [6, 6.07) is 0.437. The van der Waals surface area contributed by atoms with E-state index in [1.54, 1.807) is 0 Å². The van der Waals surface area contributed by atoms with Crippen molar-refractivity contribution in [2.45, 2.75) is 78.0 Å². The molecule has 0 unspecified atom stereocenters. The molecule has 0 bridgehead atoms. The van der Waals surface area contributed by atoms with Crippen molar-refractivity contribution in [2.75, 3.05) is 13.7 Å². The van der Waals surface area contributed by atoms with Gasteiger partial charge >= 0.3 is 11.9 Å². The molecule has 2 aliphatic rings. The second kappa shape index (κ2) is 7.50. The predicted octanol–water partition coefficient (Wildman–Crippen LogP) is 2.86. The fourth-order valence-electron chi connectivity index (χ4n) is 4.34. The Balaban J connectivity index is 1.63. The van der Waals surface area contributed by atoms with Crippen molar-refractivity contribution in [1.82, 2.24) is 14.5 Å². The van der Waals surface area contributed by atoms with E-state index < -0.39 is 17.0 Å². The molecule has 0 atom stereocenters. The fourth-order valence-corrected chi connectivity index (χ4v) is 4.34. The van der Waals surface area contributed by atoms with Crippen LogP contribution >= 0.6 is 0 Å². The lowest BCUT2D eigenvalue weighted by atomic mass is 9.73. The van der Waals surface area contributed by atoms with Crippen LogP contribution in [0.2, 0.25) is 0 Å². The molecule has 28 heavy (non-hydrogen) atoms. The lowest BCUT2D eigenvalue weighted by Crippen LogP contribution is -2.46. The van der Waals surface area contributed by atoms with Gasteiger partial charge in [-0.2, -0.15) is 0 Å². The molecule has 1 aromatic heterocycles. The number of carbonyl (C=O) groups is 2. The van der Waals surface area contributed by atoms with Crippen LogP contribution in [-0.2, 0) is 34.3 Å². The molecule has 7 heteroatoms. The van der Waals surface area contributed by atoms with Gasteiger partial charge in [-0.05, 0) is 53.4 Å². The summed E-state index contributed by atoms with van der Waals surface area (Å²) >= 11 is 0. The van der Waals surface area contributed by atoms with E-state index in [1.807, 2.05) is 39.3 Å². The van der Waals surface area contributed by atoms with Gasteiger partial charge in [0, 0.05) is 38.3 Å². The zero-order chi connectivity index (χ0) is 20.7. The first kappa shape index (κ1) is 20.8.